The zero-order chi connectivity index (χ0) is 17.3. The fourth-order valence-electron chi connectivity index (χ4n) is 2.81. The second-order valence-corrected chi connectivity index (χ2v) is 5.64. The molecule has 1 amide bonds. The van der Waals surface area contributed by atoms with Gasteiger partial charge in [-0.05, 0) is 31.9 Å². The van der Waals surface area contributed by atoms with Crippen LogP contribution in [0.1, 0.15) is 25.6 Å². The van der Waals surface area contributed by atoms with Gasteiger partial charge in [0.15, 0.2) is 5.65 Å². The summed E-state index contributed by atoms with van der Waals surface area (Å²) in [5.74, 6) is -0.761. The van der Waals surface area contributed by atoms with Gasteiger partial charge in [0.2, 0.25) is 5.91 Å². The predicted molar refractivity (Wildman–Crippen MR) is 79.4 cm³/mol. The number of hydrogen-bond acceptors (Lipinski definition) is 5. The lowest BCUT2D eigenvalue weighted by Crippen LogP contribution is -2.41. The smallest absolute Gasteiger partial charge is 0.356 e. The molecule has 130 valence electrons. The Morgan fingerprint density at radius 2 is 2.00 bits per heavy atom. The number of aromatic nitrogens is 4. The van der Waals surface area contributed by atoms with E-state index < -0.39 is 12.0 Å². The number of carbonyl (C=O) groups is 1. The van der Waals surface area contributed by atoms with Crippen molar-refractivity contribution < 1.29 is 18.0 Å². The molecule has 1 aliphatic heterocycles. The van der Waals surface area contributed by atoms with Crippen LogP contribution < -0.4 is 10.2 Å². The van der Waals surface area contributed by atoms with E-state index in [9.17, 15) is 18.0 Å². The zero-order valence-corrected chi connectivity index (χ0v) is 13.0. The average Bonchev–Trinajstić information content (AvgIpc) is 2.98. The van der Waals surface area contributed by atoms with Gasteiger partial charge in [-0.15, -0.1) is 15.3 Å². The van der Waals surface area contributed by atoms with Gasteiger partial charge >= 0.3 is 6.18 Å². The quantitative estimate of drug-likeness (QED) is 0.915. The maximum atomic E-state index is 12.9. The molecule has 3 heterocycles. The lowest BCUT2D eigenvalue weighted by atomic mass is 9.96. The van der Waals surface area contributed by atoms with Crippen LogP contribution in [0.3, 0.4) is 0 Å². The Labute approximate surface area is 135 Å². The molecule has 0 spiro atoms. The van der Waals surface area contributed by atoms with E-state index in [1.165, 1.54) is 6.07 Å². The van der Waals surface area contributed by atoms with Crippen molar-refractivity contribution in [3.05, 3.63) is 18.0 Å². The van der Waals surface area contributed by atoms with E-state index in [2.05, 4.69) is 20.6 Å². The number of rotatable bonds is 3. The molecule has 1 saturated heterocycles. The second kappa shape index (κ2) is 6.25. The molecule has 0 aliphatic carbocycles. The predicted octanol–water partition coefficient (Wildman–Crippen LogP) is 1.50. The summed E-state index contributed by atoms with van der Waals surface area (Å²) in [6.45, 7) is 3.57. The third-order valence-electron chi connectivity index (χ3n) is 4.04. The Kier molecular flexibility index (Phi) is 4.29. The third kappa shape index (κ3) is 3.13. The van der Waals surface area contributed by atoms with Crippen molar-refractivity contribution in [1.29, 1.82) is 0 Å². The molecule has 1 fully saturated rings. The Balaban J connectivity index is 1.78. The molecule has 0 radical (unpaired) electrons. The molecule has 0 aromatic carbocycles. The summed E-state index contributed by atoms with van der Waals surface area (Å²) in [5.41, 5.74) is 0.0447. The van der Waals surface area contributed by atoms with E-state index in [1.54, 1.807) is 6.07 Å². The second-order valence-electron chi connectivity index (χ2n) is 5.64. The first kappa shape index (κ1) is 16.5. The zero-order valence-electron chi connectivity index (χ0n) is 13.0. The van der Waals surface area contributed by atoms with Crippen LogP contribution in [-0.2, 0) is 11.0 Å². The molecule has 0 saturated carbocycles. The van der Waals surface area contributed by atoms with Crippen LogP contribution in [0, 0.1) is 5.92 Å². The van der Waals surface area contributed by atoms with Gasteiger partial charge in [-0.25, -0.2) is 0 Å². The van der Waals surface area contributed by atoms with Gasteiger partial charge in [0.25, 0.3) is 5.82 Å². The first-order valence-corrected chi connectivity index (χ1v) is 7.72. The van der Waals surface area contributed by atoms with Crippen molar-refractivity contribution in [2.45, 2.75) is 25.9 Å². The van der Waals surface area contributed by atoms with E-state index in [-0.39, 0.29) is 17.5 Å². The summed E-state index contributed by atoms with van der Waals surface area (Å²) in [6.07, 6.45) is -3.34. The molecule has 10 heteroatoms. The number of hydrogen-bond donors (Lipinski definition) is 1. The number of carbonyl (C=O) groups excluding carboxylic acids is 1. The van der Waals surface area contributed by atoms with Gasteiger partial charge in [-0.3, -0.25) is 4.79 Å². The van der Waals surface area contributed by atoms with Crippen LogP contribution >= 0.6 is 0 Å². The lowest BCUT2D eigenvalue weighted by Gasteiger charge is -2.31. The topological polar surface area (TPSA) is 75.4 Å². The molecule has 0 bridgehead atoms. The lowest BCUT2D eigenvalue weighted by molar-refractivity contribution is -0.146. The molecule has 0 atom stereocenters. The van der Waals surface area contributed by atoms with Crippen LogP contribution in [0.4, 0.5) is 19.0 Å². The standard InChI is InChI=1S/C14H17F3N6O/c1-2-18-12(24)9-5-7-22(8-6-9)11-4-3-10-19-20-13(14(15,16)17)23(10)21-11/h3-4,9H,2,5-8H2,1H3,(H,18,24). The van der Waals surface area contributed by atoms with Crippen molar-refractivity contribution in [2.75, 3.05) is 24.5 Å². The van der Waals surface area contributed by atoms with Crippen molar-refractivity contribution >= 4 is 17.4 Å². The highest BCUT2D eigenvalue weighted by molar-refractivity contribution is 5.78. The molecule has 2 aromatic rings. The molecular formula is C14H17F3N6O. The minimum absolute atomic E-state index is 0.0266. The molecular weight excluding hydrogens is 325 g/mol. The number of piperidine rings is 1. The highest BCUT2D eigenvalue weighted by atomic mass is 19.4. The summed E-state index contributed by atoms with van der Waals surface area (Å²) in [4.78, 5) is 13.7. The van der Waals surface area contributed by atoms with Gasteiger partial charge in [0.1, 0.15) is 5.82 Å². The normalized spacial score (nSPS) is 16.6. The highest BCUT2D eigenvalue weighted by Gasteiger charge is 2.38. The summed E-state index contributed by atoms with van der Waals surface area (Å²) < 4.78 is 39.5. The maximum Gasteiger partial charge on any atom is 0.453 e. The first-order valence-electron chi connectivity index (χ1n) is 7.72. The molecule has 3 rings (SSSR count). The van der Waals surface area contributed by atoms with Gasteiger partial charge < -0.3 is 10.2 Å². The van der Waals surface area contributed by atoms with Gasteiger partial charge in [0, 0.05) is 25.6 Å². The first-order chi connectivity index (χ1) is 11.4. The van der Waals surface area contributed by atoms with Crippen LogP contribution in [0.25, 0.3) is 5.65 Å². The molecule has 2 aromatic heterocycles. The Morgan fingerprint density at radius 3 is 2.62 bits per heavy atom. The number of nitrogens with zero attached hydrogens (tertiary/aromatic N) is 5. The van der Waals surface area contributed by atoms with Crippen LogP contribution in [0.5, 0.6) is 0 Å². The number of alkyl halides is 3. The largest absolute Gasteiger partial charge is 0.453 e. The minimum Gasteiger partial charge on any atom is -0.356 e. The Morgan fingerprint density at radius 1 is 1.29 bits per heavy atom. The van der Waals surface area contributed by atoms with Gasteiger partial charge in [-0.1, -0.05) is 0 Å². The maximum absolute atomic E-state index is 12.9. The molecule has 1 N–H and O–H groups in total. The number of anilines is 1. The fourth-order valence-corrected chi connectivity index (χ4v) is 2.81. The number of nitrogens with one attached hydrogen (secondary N) is 1. The minimum atomic E-state index is -4.61. The molecule has 1 aliphatic rings. The monoisotopic (exact) mass is 342 g/mol. The van der Waals surface area contributed by atoms with Crippen LogP contribution in [-0.4, -0.2) is 45.4 Å². The SMILES string of the molecule is CCNC(=O)C1CCN(c2ccc3nnc(C(F)(F)F)n3n2)CC1. The highest BCUT2D eigenvalue weighted by Crippen LogP contribution is 2.28. The molecule has 0 unspecified atom stereocenters. The number of amides is 1. The van der Waals surface area contributed by atoms with E-state index in [4.69, 9.17) is 0 Å². The van der Waals surface area contributed by atoms with E-state index in [0.29, 0.717) is 42.8 Å². The van der Waals surface area contributed by atoms with E-state index in [1.807, 2.05) is 11.8 Å². The van der Waals surface area contributed by atoms with Gasteiger partial charge in [-0.2, -0.15) is 17.7 Å². The van der Waals surface area contributed by atoms with Crippen LogP contribution in [0.2, 0.25) is 0 Å². The number of fused-ring (bicyclic) bond motifs is 1. The summed E-state index contributed by atoms with van der Waals surface area (Å²) in [5, 5.41) is 13.5. The molecule has 7 nitrogen and oxygen atoms in total. The fraction of sp³-hybridized carbons (Fsp3) is 0.571. The molecule has 24 heavy (non-hydrogen) atoms. The average molecular weight is 342 g/mol. The Hall–Kier alpha value is -2.39. The summed E-state index contributed by atoms with van der Waals surface area (Å²) in [7, 11) is 0. The van der Waals surface area contributed by atoms with Crippen molar-refractivity contribution in [3.63, 3.8) is 0 Å². The summed E-state index contributed by atoms with van der Waals surface area (Å²) in [6, 6.07) is 3.08. The van der Waals surface area contributed by atoms with Crippen molar-refractivity contribution in [1.82, 2.24) is 25.1 Å². The summed E-state index contributed by atoms with van der Waals surface area (Å²) >= 11 is 0. The van der Waals surface area contributed by atoms with Crippen LogP contribution in [0.15, 0.2) is 12.1 Å². The van der Waals surface area contributed by atoms with Crippen molar-refractivity contribution in [3.8, 4) is 0 Å². The van der Waals surface area contributed by atoms with E-state index >= 15 is 0 Å². The number of halogens is 3. The van der Waals surface area contributed by atoms with E-state index in [0.717, 1.165) is 0 Å². The Bertz CT molecular complexity index is 736. The van der Waals surface area contributed by atoms with Gasteiger partial charge in [0.05, 0.1) is 0 Å². The van der Waals surface area contributed by atoms with Crippen molar-refractivity contribution in [2.24, 2.45) is 5.92 Å². The third-order valence-corrected chi connectivity index (χ3v) is 4.04.